The minimum Gasteiger partial charge on any atom is -0.339 e. The molecule has 0 aliphatic carbocycles. The summed E-state index contributed by atoms with van der Waals surface area (Å²) in [4.78, 5) is 20.3. The molecule has 1 aliphatic heterocycles. The minimum atomic E-state index is -0.311. The first-order valence-corrected chi connectivity index (χ1v) is 10.3. The lowest BCUT2D eigenvalue weighted by Gasteiger charge is -2.32. The molecule has 0 unspecified atom stereocenters. The van der Waals surface area contributed by atoms with Gasteiger partial charge >= 0.3 is 0 Å². The molecule has 0 radical (unpaired) electrons. The largest absolute Gasteiger partial charge is 0.339 e. The number of aryl methyl sites for hydroxylation is 2. The Morgan fingerprint density at radius 1 is 1.13 bits per heavy atom. The molecule has 1 amide bonds. The van der Waals surface area contributed by atoms with Gasteiger partial charge in [0, 0.05) is 24.0 Å². The number of carbonyl (C=O) groups is 1. The Kier molecular flexibility index (Phi) is 6.18. The molecule has 1 N–H and O–H groups in total. The fraction of sp³-hybridized carbons (Fsp3) is 0.348. The summed E-state index contributed by atoms with van der Waals surface area (Å²) >= 11 is 0. The lowest BCUT2D eigenvalue weighted by Crippen LogP contribution is -3.13. The van der Waals surface area contributed by atoms with Gasteiger partial charge in [-0.2, -0.15) is 4.98 Å². The number of aromatic nitrogens is 2. The first-order valence-electron chi connectivity index (χ1n) is 10.3. The van der Waals surface area contributed by atoms with Gasteiger partial charge in [-0.15, -0.1) is 0 Å². The van der Waals surface area contributed by atoms with Gasteiger partial charge in [-0.25, -0.2) is 4.39 Å². The third-order valence-corrected chi connectivity index (χ3v) is 5.65. The van der Waals surface area contributed by atoms with Crippen LogP contribution in [0.5, 0.6) is 0 Å². The summed E-state index contributed by atoms with van der Waals surface area (Å²) in [6, 6.07) is 14.4. The standard InChI is InChI=1S/C23H25FN4O2/c1-17-4-2-3-5-19(17)16-27-12-14-28(15-13-27)22(29)11-10-21-25-23(26-30-21)18-6-8-20(24)9-7-18/h2-9H,10-16H2,1H3/p+1. The number of hydrogen-bond donors (Lipinski definition) is 1. The summed E-state index contributed by atoms with van der Waals surface area (Å²) in [5, 5.41) is 3.93. The third-order valence-electron chi connectivity index (χ3n) is 5.65. The van der Waals surface area contributed by atoms with E-state index < -0.39 is 0 Å². The van der Waals surface area contributed by atoms with Gasteiger partial charge in [0.2, 0.25) is 17.6 Å². The second kappa shape index (κ2) is 9.17. The van der Waals surface area contributed by atoms with E-state index in [9.17, 15) is 9.18 Å². The summed E-state index contributed by atoms with van der Waals surface area (Å²) in [6.07, 6.45) is 0.751. The molecule has 1 saturated heterocycles. The predicted octanol–water partition coefficient (Wildman–Crippen LogP) is 2.04. The van der Waals surface area contributed by atoms with E-state index >= 15 is 0 Å². The number of hydrogen-bond acceptors (Lipinski definition) is 4. The van der Waals surface area contributed by atoms with Crippen LogP contribution in [0.25, 0.3) is 11.4 Å². The molecule has 0 atom stereocenters. The summed E-state index contributed by atoms with van der Waals surface area (Å²) < 4.78 is 18.3. The molecule has 0 bridgehead atoms. The molecule has 0 saturated carbocycles. The highest BCUT2D eigenvalue weighted by atomic mass is 19.1. The van der Waals surface area contributed by atoms with Gasteiger partial charge < -0.3 is 14.3 Å². The molecule has 1 aromatic heterocycles. The molecule has 6 nitrogen and oxygen atoms in total. The predicted molar refractivity (Wildman–Crippen MR) is 110 cm³/mol. The molecule has 4 rings (SSSR count). The molecule has 1 aliphatic rings. The van der Waals surface area contributed by atoms with Gasteiger partial charge in [-0.3, -0.25) is 4.79 Å². The smallest absolute Gasteiger partial charge is 0.227 e. The number of amides is 1. The highest BCUT2D eigenvalue weighted by Crippen LogP contribution is 2.17. The van der Waals surface area contributed by atoms with E-state index in [0.29, 0.717) is 30.1 Å². The van der Waals surface area contributed by atoms with E-state index in [0.717, 1.165) is 32.7 Å². The molecule has 1 fully saturated rings. The van der Waals surface area contributed by atoms with Crippen LogP contribution in [-0.2, 0) is 17.8 Å². The van der Waals surface area contributed by atoms with Crippen molar-refractivity contribution in [1.82, 2.24) is 15.0 Å². The number of nitrogens with one attached hydrogen (secondary N) is 1. The van der Waals surface area contributed by atoms with E-state index in [1.807, 2.05) is 4.90 Å². The Bertz CT molecular complexity index is 994. The zero-order valence-corrected chi connectivity index (χ0v) is 17.1. The van der Waals surface area contributed by atoms with Crippen molar-refractivity contribution in [3.63, 3.8) is 0 Å². The number of nitrogens with zero attached hydrogens (tertiary/aromatic N) is 3. The van der Waals surface area contributed by atoms with Crippen molar-refractivity contribution >= 4 is 5.91 Å². The van der Waals surface area contributed by atoms with Crippen molar-refractivity contribution in [2.24, 2.45) is 0 Å². The van der Waals surface area contributed by atoms with Crippen molar-refractivity contribution in [2.75, 3.05) is 26.2 Å². The van der Waals surface area contributed by atoms with E-state index in [1.54, 1.807) is 12.1 Å². The van der Waals surface area contributed by atoms with Gasteiger partial charge in [0.15, 0.2) is 0 Å². The zero-order chi connectivity index (χ0) is 20.9. The van der Waals surface area contributed by atoms with Crippen LogP contribution in [0.1, 0.15) is 23.4 Å². The monoisotopic (exact) mass is 409 g/mol. The Labute approximate surface area is 175 Å². The van der Waals surface area contributed by atoms with Gasteiger partial charge in [0.25, 0.3) is 0 Å². The van der Waals surface area contributed by atoms with Gasteiger partial charge in [0.1, 0.15) is 12.4 Å². The Morgan fingerprint density at radius 2 is 1.87 bits per heavy atom. The van der Waals surface area contributed by atoms with Crippen LogP contribution < -0.4 is 4.90 Å². The number of piperazine rings is 1. The summed E-state index contributed by atoms with van der Waals surface area (Å²) in [6.45, 7) is 6.59. The van der Waals surface area contributed by atoms with Gasteiger partial charge in [-0.1, -0.05) is 29.4 Å². The zero-order valence-electron chi connectivity index (χ0n) is 17.1. The first kappa shape index (κ1) is 20.2. The van der Waals surface area contributed by atoms with Crippen molar-refractivity contribution in [1.29, 1.82) is 0 Å². The molecular formula is C23H26FN4O2+. The average molecular weight is 409 g/mol. The number of carbonyl (C=O) groups excluding carboxylic acids is 1. The Balaban J connectivity index is 1.24. The van der Waals surface area contributed by atoms with Crippen LogP contribution in [0.4, 0.5) is 4.39 Å². The van der Waals surface area contributed by atoms with Crippen LogP contribution in [0.3, 0.4) is 0 Å². The quantitative estimate of drug-likeness (QED) is 0.677. The molecule has 7 heteroatoms. The van der Waals surface area contributed by atoms with Gasteiger partial charge in [0.05, 0.1) is 26.2 Å². The van der Waals surface area contributed by atoms with Crippen LogP contribution in [0.2, 0.25) is 0 Å². The maximum absolute atomic E-state index is 13.0. The van der Waals surface area contributed by atoms with Crippen molar-refractivity contribution < 1.29 is 18.6 Å². The fourth-order valence-corrected chi connectivity index (χ4v) is 3.77. The number of quaternary nitrogens is 1. The molecule has 3 aromatic rings. The van der Waals surface area contributed by atoms with E-state index in [1.165, 1.54) is 28.2 Å². The second-order valence-corrected chi connectivity index (χ2v) is 7.75. The van der Waals surface area contributed by atoms with Crippen molar-refractivity contribution in [3.05, 3.63) is 71.4 Å². The first-order chi connectivity index (χ1) is 14.6. The van der Waals surface area contributed by atoms with E-state index in [4.69, 9.17) is 4.52 Å². The maximum atomic E-state index is 13.0. The highest BCUT2D eigenvalue weighted by molar-refractivity contribution is 5.76. The lowest BCUT2D eigenvalue weighted by molar-refractivity contribution is -0.917. The van der Waals surface area contributed by atoms with Crippen LogP contribution in [-0.4, -0.2) is 47.1 Å². The molecule has 2 heterocycles. The second-order valence-electron chi connectivity index (χ2n) is 7.75. The molecule has 2 aromatic carbocycles. The highest BCUT2D eigenvalue weighted by Gasteiger charge is 2.24. The summed E-state index contributed by atoms with van der Waals surface area (Å²) in [7, 11) is 0. The van der Waals surface area contributed by atoms with E-state index in [2.05, 4.69) is 41.3 Å². The number of benzene rings is 2. The average Bonchev–Trinajstić information content (AvgIpc) is 3.24. The number of halogens is 1. The molecular weight excluding hydrogens is 383 g/mol. The van der Waals surface area contributed by atoms with E-state index in [-0.39, 0.29) is 11.7 Å². The molecule has 30 heavy (non-hydrogen) atoms. The minimum absolute atomic E-state index is 0.117. The number of rotatable bonds is 6. The SMILES string of the molecule is Cc1ccccc1C[NH+]1CCN(C(=O)CCc2nc(-c3ccc(F)cc3)no2)CC1. The van der Waals surface area contributed by atoms with Crippen molar-refractivity contribution in [2.45, 2.75) is 26.3 Å². The lowest BCUT2D eigenvalue weighted by atomic mass is 10.1. The van der Waals surface area contributed by atoms with Gasteiger partial charge in [-0.05, 0) is 36.8 Å². The van der Waals surface area contributed by atoms with Crippen LogP contribution >= 0.6 is 0 Å². The summed E-state index contributed by atoms with van der Waals surface area (Å²) in [5.41, 5.74) is 3.38. The Hall–Kier alpha value is -3.06. The van der Waals surface area contributed by atoms with Crippen molar-refractivity contribution in [3.8, 4) is 11.4 Å². The normalized spacial score (nSPS) is 14.8. The summed E-state index contributed by atoms with van der Waals surface area (Å²) in [5.74, 6) is 0.637. The molecule has 0 spiro atoms. The fourth-order valence-electron chi connectivity index (χ4n) is 3.77. The van der Waals surface area contributed by atoms with Crippen LogP contribution in [0, 0.1) is 12.7 Å². The van der Waals surface area contributed by atoms with Crippen LogP contribution in [0.15, 0.2) is 53.1 Å². The molecule has 156 valence electrons. The maximum Gasteiger partial charge on any atom is 0.227 e. The topological polar surface area (TPSA) is 63.7 Å². The Morgan fingerprint density at radius 3 is 2.60 bits per heavy atom. The third kappa shape index (κ3) is 4.91.